The van der Waals surface area contributed by atoms with Gasteiger partial charge in [-0.05, 0) is 6.07 Å². The van der Waals surface area contributed by atoms with E-state index >= 15 is 0 Å². The summed E-state index contributed by atoms with van der Waals surface area (Å²) in [7, 11) is 0. The molecule has 2 aromatic rings. The third kappa shape index (κ3) is 1.37. The van der Waals surface area contributed by atoms with E-state index in [1.807, 2.05) is 22.9 Å². The summed E-state index contributed by atoms with van der Waals surface area (Å²) in [5.74, 6) is 0. The molecule has 0 aliphatic heterocycles. The summed E-state index contributed by atoms with van der Waals surface area (Å²) < 4.78 is 1.65. The maximum absolute atomic E-state index is 10.4. The predicted octanol–water partition coefficient (Wildman–Crippen LogP) is 2.14. The van der Waals surface area contributed by atoms with Gasteiger partial charge in [-0.1, -0.05) is 0 Å². The Kier molecular flexibility index (Phi) is 1.91. The second kappa shape index (κ2) is 2.95. The van der Waals surface area contributed by atoms with Crippen molar-refractivity contribution in [2.75, 3.05) is 0 Å². The molecule has 13 heavy (non-hydrogen) atoms. The highest BCUT2D eigenvalue weighted by Crippen LogP contribution is 2.21. The molecule has 0 atom stereocenters. The van der Waals surface area contributed by atoms with Gasteiger partial charge >= 0.3 is 0 Å². The van der Waals surface area contributed by atoms with Crippen LogP contribution in [0.4, 0.5) is 5.69 Å². The van der Waals surface area contributed by atoms with Crippen LogP contribution in [0.15, 0.2) is 24.4 Å². The van der Waals surface area contributed by atoms with Gasteiger partial charge in [-0.3, -0.25) is 10.1 Å². The van der Waals surface area contributed by atoms with E-state index in [1.54, 1.807) is 15.2 Å². The van der Waals surface area contributed by atoms with E-state index in [2.05, 4.69) is 5.10 Å². The van der Waals surface area contributed by atoms with Crippen molar-refractivity contribution >= 4 is 39.5 Å². The normalized spacial score (nSPS) is 10.5. The minimum Gasteiger partial charge on any atom is -0.258 e. The average Bonchev–Trinajstić information content (AvgIpc) is 2.47. The highest BCUT2D eigenvalue weighted by Gasteiger charge is 2.07. The Morgan fingerprint density at radius 2 is 2.31 bits per heavy atom. The van der Waals surface area contributed by atoms with Crippen molar-refractivity contribution in [2.24, 2.45) is 0 Å². The maximum atomic E-state index is 10.4. The third-order valence-corrected chi connectivity index (χ3v) is 2.49. The molecule has 0 bridgehead atoms. The van der Waals surface area contributed by atoms with Crippen LogP contribution in [0.5, 0.6) is 0 Å². The highest BCUT2D eigenvalue weighted by atomic mass is 127. The molecule has 6 heteroatoms. The lowest BCUT2D eigenvalue weighted by Gasteiger charge is -1.92. The minimum atomic E-state index is -0.413. The van der Waals surface area contributed by atoms with E-state index in [0.717, 1.165) is 10.9 Å². The summed E-state index contributed by atoms with van der Waals surface area (Å²) in [6.45, 7) is 0. The number of nitrogens with zero attached hydrogens (tertiary/aromatic N) is 3. The Bertz CT molecular complexity index is 480. The Balaban J connectivity index is 2.70. The van der Waals surface area contributed by atoms with Crippen LogP contribution in [0.25, 0.3) is 10.9 Å². The molecule has 0 aliphatic rings. The molecular formula is C7H4IN3O2. The zero-order valence-corrected chi connectivity index (χ0v) is 8.50. The topological polar surface area (TPSA) is 61.0 Å². The Labute approximate surface area is 87.0 Å². The fraction of sp³-hybridized carbons (Fsp3) is 0. The van der Waals surface area contributed by atoms with Gasteiger partial charge in [0.05, 0.1) is 39.5 Å². The molecule has 0 spiro atoms. The Morgan fingerprint density at radius 1 is 1.54 bits per heavy atom. The van der Waals surface area contributed by atoms with Crippen LogP contribution >= 0.6 is 22.9 Å². The molecule has 0 fully saturated rings. The van der Waals surface area contributed by atoms with Crippen LogP contribution in [0.1, 0.15) is 0 Å². The van der Waals surface area contributed by atoms with Gasteiger partial charge in [0.15, 0.2) is 0 Å². The SMILES string of the molecule is O=[N+]([O-])c1ccc2c(cnn2I)c1. The van der Waals surface area contributed by atoms with Gasteiger partial charge in [-0.2, -0.15) is 5.10 Å². The van der Waals surface area contributed by atoms with Crippen molar-refractivity contribution in [1.82, 2.24) is 7.99 Å². The van der Waals surface area contributed by atoms with Crippen LogP contribution in [-0.4, -0.2) is 12.9 Å². The molecule has 2 rings (SSSR count). The molecule has 0 saturated heterocycles. The monoisotopic (exact) mass is 289 g/mol. The van der Waals surface area contributed by atoms with Crippen LogP contribution in [-0.2, 0) is 0 Å². The molecule has 0 N–H and O–H groups in total. The van der Waals surface area contributed by atoms with Crippen molar-refractivity contribution in [1.29, 1.82) is 0 Å². The van der Waals surface area contributed by atoms with Gasteiger partial charge in [-0.15, -0.1) is 0 Å². The largest absolute Gasteiger partial charge is 0.270 e. The second-order valence-electron chi connectivity index (χ2n) is 2.50. The quantitative estimate of drug-likeness (QED) is 0.459. The van der Waals surface area contributed by atoms with Crippen molar-refractivity contribution in [2.45, 2.75) is 0 Å². The van der Waals surface area contributed by atoms with Gasteiger partial charge in [0.25, 0.3) is 5.69 Å². The smallest absolute Gasteiger partial charge is 0.258 e. The molecule has 0 saturated carbocycles. The molecule has 5 nitrogen and oxygen atoms in total. The number of rotatable bonds is 1. The zero-order chi connectivity index (χ0) is 9.42. The van der Waals surface area contributed by atoms with Crippen LogP contribution in [0, 0.1) is 10.1 Å². The summed E-state index contributed by atoms with van der Waals surface area (Å²) >= 11 is 2.02. The summed E-state index contributed by atoms with van der Waals surface area (Å²) in [5, 5.41) is 15.2. The predicted molar refractivity (Wildman–Crippen MR) is 55.8 cm³/mol. The fourth-order valence-electron chi connectivity index (χ4n) is 1.10. The van der Waals surface area contributed by atoms with E-state index in [9.17, 15) is 10.1 Å². The molecule has 66 valence electrons. The minimum absolute atomic E-state index is 0.0944. The molecule has 0 aliphatic carbocycles. The number of aromatic nitrogens is 2. The summed E-state index contributed by atoms with van der Waals surface area (Å²) in [5.41, 5.74) is 0.975. The van der Waals surface area contributed by atoms with E-state index in [1.165, 1.54) is 12.1 Å². The number of halogens is 1. The van der Waals surface area contributed by atoms with Gasteiger partial charge < -0.3 is 0 Å². The number of hydrogen-bond donors (Lipinski definition) is 0. The fourth-order valence-corrected chi connectivity index (χ4v) is 1.67. The molecule has 0 unspecified atom stereocenters. The average molecular weight is 289 g/mol. The Morgan fingerprint density at radius 3 is 3.00 bits per heavy atom. The Hall–Kier alpha value is -1.18. The summed E-state index contributed by atoms with van der Waals surface area (Å²) in [4.78, 5) is 10.0. The van der Waals surface area contributed by atoms with Crippen LogP contribution < -0.4 is 0 Å². The molecule has 0 radical (unpaired) electrons. The summed E-state index contributed by atoms with van der Waals surface area (Å²) in [6, 6.07) is 4.67. The number of non-ortho nitro benzene ring substituents is 1. The van der Waals surface area contributed by atoms with E-state index < -0.39 is 4.92 Å². The molecular weight excluding hydrogens is 285 g/mol. The van der Waals surface area contributed by atoms with Crippen LogP contribution in [0.3, 0.4) is 0 Å². The lowest BCUT2D eigenvalue weighted by Crippen LogP contribution is -1.87. The number of fused-ring (bicyclic) bond motifs is 1. The zero-order valence-electron chi connectivity index (χ0n) is 6.35. The molecule has 1 aromatic heterocycles. The van der Waals surface area contributed by atoms with E-state index in [4.69, 9.17) is 0 Å². The van der Waals surface area contributed by atoms with Crippen molar-refractivity contribution in [3.63, 3.8) is 0 Å². The number of nitro groups is 1. The van der Waals surface area contributed by atoms with Gasteiger partial charge in [0.1, 0.15) is 0 Å². The third-order valence-electron chi connectivity index (χ3n) is 1.72. The lowest BCUT2D eigenvalue weighted by molar-refractivity contribution is -0.384. The van der Waals surface area contributed by atoms with Crippen molar-refractivity contribution in [3.8, 4) is 0 Å². The first-order valence-electron chi connectivity index (χ1n) is 3.47. The molecule has 0 amide bonds. The molecule has 1 heterocycles. The van der Waals surface area contributed by atoms with Crippen LogP contribution in [0.2, 0.25) is 0 Å². The summed E-state index contributed by atoms with van der Waals surface area (Å²) in [6.07, 6.45) is 1.61. The number of hydrogen-bond acceptors (Lipinski definition) is 3. The van der Waals surface area contributed by atoms with Crippen molar-refractivity contribution < 1.29 is 4.92 Å². The van der Waals surface area contributed by atoms with Gasteiger partial charge in [-0.25, -0.2) is 2.90 Å². The highest BCUT2D eigenvalue weighted by molar-refractivity contribution is 14.1. The first-order valence-corrected chi connectivity index (χ1v) is 4.43. The first-order chi connectivity index (χ1) is 6.18. The second-order valence-corrected chi connectivity index (χ2v) is 3.42. The van der Waals surface area contributed by atoms with E-state index in [-0.39, 0.29) is 5.69 Å². The molecule has 1 aromatic carbocycles. The van der Waals surface area contributed by atoms with Gasteiger partial charge in [0.2, 0.25) is 0 Å². The maximum Gasteiger partial charge on any atom is 0.270 e. The number of nitro benzene ring substituents is 1. The standard InChI is InChI=1S/C7H4IN3O2/c8-10-7-2-1-6(11(12)13)3-5(7)4-9-10/h1-4H. The van der Waals surface area contributed by atoms with Crippen molar-refractivity contribution in [3.05, 3.63) is 34.5 Å². The first kappa shape index (κ1) is 8.42. The lowest BCUT2D eigenvalue weighted by atomic mass is 10.2. The van der Waals surface area contributed by atoms with Gasteiger partial charge in [0, 0.05) is 17.5 Å². The number of benzene rings is 1. The van der Waals surface area contributed by atoms with E-state index in [0.29, 0.717) is 0 Å².